The second kappa shape index (κ2) is 11.2. The Morgan fingerprint density at radius 1 is 0.971 bits per heavy atom. The van der Waals surface area contributed by atoms with Crippen molar-refractivity contribution in [1.29, 1.82) is 5.26 Å². The van der Waals surface area contributed by atoms with Gasteiger partial charge in [0.2, 0.25) is 10.0 Å². The number of hydrogen-bond acceptors (Lipinski definition) is 6. The van der Waals surface area contributed by atoms with Gasteiger partial charge in [-0.05, 0) is 60.7 Å². The first-order valence-corrected chi connectivity index (χ1v) is 11.7. The molecular weight excluding hydrogens is 475 g/mol. The molecule has 0 aromatic heterocycles. The van der Waals surface area contributed by atoms with E-state index in [9.17, 15) is 22.4 Å². The van der Waals surface area contributed by atoms with Crippen LogP contribution in [0.25, 0.3) is 0 Å². The summed E-state index contributed by atoms with van der Waals surface area (Å²) in [6.07, 6.45) is 0.0340. The number of anilines is 2. The highest BCUT2D eigenvalue weighted by molar-refractivity contribution is 7.89. The third-order valence-corrected chi connectivity index (χ3v) is 6.22. The minimum Gasteiger partial charge on any atom is -0.495 e. The Bertz CT molecular complexity index is 1390. The van der Waals surface area contributed by atoms with Crippen LogP contribution in [0.5, 0.6) is 5.75 Å². The van der Waals surface area contributed by atoms with Crippen LogP contribution in [-0.4, -0.2) is 33.9 Å². The van der Waals surface area contributed by atoms with Gasteiger partial charge in [-0.15, -0.1) is 0 Å². The highest BCUT2D eigenvalue weighted by Crippen LogP contribution is 2.29. The topological polar surface area (TPSA) is 137 Å². The average molecular weight is 497 g/mol. The van der Waals surface area contributed by atoms with E-state index in [0.717, 1.165) is 6.07 Å². The van der Waals surface area contributed by atoms with Crippen LogP contribution < -0.4 is 20.1 Å². The molecule has 3 aromatic carbocycles. The molecule has 11 heteroatoms. The van der Waals surface area contributed by atoms with Gasteiger partial charge in [0, 0.05) is 29.8 Å². The lowest BCUT2D eigenvalue weighted by Crippen LogP contribution is -2.24. The van der Waals surface area contributed by atoms with E-state index in [1.54, 1.807) is 12.1 Å². The standard InChI is InChI=1S/C24H21FN4O5S/c1-34-22-11-8-19(15-21(22)29-24(31)17-4-2-5-18(25)14-17)28-23(30)16-6-9-20(10-7-16)35(32,33)27-13-3-12-26/h2,4-11,14-15,27H,3,13H2,1H3,(H,28,30)(H,29,31). The zero-order valence-corrected chi connectivity index (χ0v) is 19.4. The summed E-state index contributed by atoms with van der Waals surface area (Å²) in [4.78, 5) is 25.1. The monoisotopic (exact) mass is 496 g/mol. The molecule has 0 unspecified atom stereocenters. The predicted molar refractivity (Wildman–Crippen MR) is 127 cm³/mol. The van der Waals surface area contributed by atoms with Gasteiger partial charge in [-0.25, -0.2) is 17.5 Å². The van der Waals surface area contributed by atoms with E-state index in [1.165, 1.54) is 55.6 Å². The summed E-state index contributed by atoms with van der Waals surface area (Å²) in [5, 5.41) is 13.8. The molecule has 0 atom stereocenters. The molecule has 35 heavy (non-hydrogen) atoms. The van der Waals surface area contributed by atoms with Crippen molar-refractivity contribution in [1.82, 2.24) is 4.72 Å². The van der Waals surface area contributed by atoms with E-state index in [4.69, 9.17) is 10.00 Å². The van der Waals surface area contributed by atoms with Gasteiger partial charge >= 0.3 is 0 Å². The zero-order chi connectivity index (χ0) is 25.4. The molecule has 0 bridgehead atoms. The van der Waals surface area contributed by atoms with E-state index in [1.807, 2.05) is 6.07 Å². The van der Waals surface area contributed by atoms with E-state index in [-0.39, 0.29) is 34.7 Å². The summed E-state index contributed by atoms with van der Waals surface area (Å²) < 4.78 is 45.4. The molecule has 0 aliphatic heterocycles. The first-order valence-electron chi connectivity index (χ1n) is 10.3. The number of sulfonamides is 1. The third kappa shape index (κ3) is 6.63. The van der Waals surface area contributed by atoms with E-state index < -0.39 is 27.7 Å². The number of nitrogens with zero attached hydrogens (tertiary/aromatic N) is 1. The van der Waals surface area contributed by atoms with Crippen molar-refractivity contribution in [3.63, 3.8) is 0 Å². The maximum atomic E-state index is 13.4. The van der Waals surface area contributed by atoms with Crippen LogP contribution in [0.3, 0.4) is 0 Å². The molecule has 3 aromatic rings. The van der Waals surface area contributed by atoms with E-state index >= 15 is 0 Å². The minimum absolute atomic E-state index is 0.0172. The molecular formula is C24H21FN4O5S. The third-order valence-electron chi connectivity index (χ3n) is 4.75. The van der Waals surface area contributed by atoms with Crippen molar-refractivity contribution >= 4 is 33.2 Å². The molecule has 3 rings (SSSR count). The van der Waals surface area contributed by atoms with Crippen molar-refractivity contribution in [3.8, 4) is 11.8 Å². The predicted octanol–water partition coefficient (Wildman–Crippen LogP) is 3.53. The molecule has 3 N–H and O–H groups in total. The molecule has 0 spiro atoms. The highest BCUT2D eigenvalue weighted by Gasteiger charge is 2.16. The number of nitriles is 1. The number of nitrogens with one attached hydrogen (secondary N) is 3. The summed E-state index contributed by atoms with van der Waals surface area (Å²) in [6, 6.07) is 16.9. The Labute approximate surface area is 201 Å². The SMILES string of the molecule is COc1ccc(NC(=O)c2ccc(S(=O)(=O)NCCC#N)cc2)cc1NC(=O)c1cccc(F)c1. The van der Waals surface area contributed by atoms with Gasteiger partial charge in [0.05, 0.1) is 23.8 Å². The highest BCUT2D eigenvalue weighted by atomic mass is 32.2. The molecule has 180 valence electrons. The van der Waals surface area contributed by atoms with Gasteiger partial charge < -0.3 is 15.4 Å². The van der Waals surface area contributed by atoms with Crippen molar-refractivity contribution in [2.75, 3.05) is 24.3 Å². The fourth-order valence-electron chi connectivity index (χ4n) is 3.02. The summed E-state index contributed by atoms with van der Waals surface area (Å²) >= 11 is 0. The smallest absolute Gasteiger partial charge is 0.255 e. The Balaban J connectivity index is 1.73. The van der Waals surface area contributed by atoms with Crippen molar-refractivity contribution in [2.45, 2.75) is 11.3 Å². The summed E-state index contributed by atoms with van der Waals surface area (Å²) in [7, 11) is -2.38. The van der Waals surface area contributed by atoms with E-state index in [2.05, 4.69) is 15.4 Å². The number of methoxy groups -OCH3 is 1. The van der Waals surface area contributed by atoms with Gasteiger partial charge in [0.1, 0.15) is 11.6 Å². The Morgan fingerprint density at radius 3 is 2.34 bits per heavy atom. The minimum atomic E-state index is -3.79. The molecule has 0 saturated heterocycles. The van der Waals surface area contributed by atoms with Gasteiger partial charge in [0.15, 0.2) is 0 Å². The maximum absolute atomic E-state index is 13.4. The lowest BCUT2D eigenvalue weighted by atomic mass is 10.2. The number of rotatable bonds is 9. The number of benzene rings is 3. The quantitative estimate of drug-likeness (QED) is 0.388. The molecule has 0 radical (unpaired) electrons. The Kier molecular flexibility index (Phi) is 8.14. The number of ether oxygens (including phenoxy) is 1. The fourth-order valence-corrected chi connectivity index (χ4v) is 4.05. The number of carbonyl (C=O) groups excluding carboxylic acids is 2. The Morgan fingerprint density at radius 2 is 1.69 bits per heavy atom. The summed E-state index contributed by atoms with van der Waals surface area (Å²) in [5.74, 6) is -1.31. The van der Waals surface area contributed by atoms with Crippen LogP contribution in [0.4, 0.5) is 15.8 Å². The molecule has 0 aliphatic carbocycles. The fraction of sp³-hybridized carbons (Fsp3) is 0.125. The molecule has 0 aliphatic rings. The van der Waals surface area contributed by atoms with E-state index in [0.29, 0.717) is 11.4 Å². The van der Waals surface area contributed by atoms with Crippen molar-refractivity contribution in [2.24, 2.45) is 0 Å². The molecule has 2 amide bonds. The molecule has 9 nitrogen and oxygen atoms in total. The van der Waals surface area contributed by atoms with Crippen LogP contribution in [0, 0.1) is 17.1 Å². The van der Waals surface area contributed by atoms with Crippen LogP contribution in [0.15, 0.2) is 71.6 Å². The zero-order valence-electron chi connectivity index (χ0n) is 18.5. The average Bonchev–Trinajstić information content (AvgIpc) is 2.84. The summed E-state index contributed by atoms with van der Waals surface area (Å²) in [5.41, 5.74) is 0.894. The number of amides is 2. The lowest BCUT2D eigenvalue weighted by molar-refractivity contribution is 0.101. The normalized spacial score (nSPS) is 10.8. The number of carbonyl (C=O) groups is 2. The van der Waals surface area contributed by atoms with Gasteiger partial charge in [-0.2, -0.15) is 5.26 Å². The largest absolute Gasteiger partial charge is 0.495 e. The van der Waals surface area contributed by atoms with Gasteiger partial charge in [-0.3, -0.25) is 9.59 Å². The van der Waals surface area contributed by atoms with Gasteiger partial charge in [0.25, 0.3) is 11.8 Å². The molecule has 0 saturated carbocycles. The van der Waals surface area contributed by atoms with Crippen LogP contribution in [0.2, 0.25) is 0 Å². The molecule has 0 fully saturated rings. The van der Waals surface area contributed by atoms with Gasteiger partial charge in [-0.1, -0.05) is 6.07 Å². The first-order chi connectivity index (χ1) is 16.7. The number of halogens is 1. The summed E-state index contributed by atoms with van der Waals surface area (Å²) in [6.45, 7) is -0.0172. The maximum Gasteiger partial charge on any atom is 0.255 e. The van der Waals surface area contributed by atoms with Crippen LogP contribution in [0.1, 0.15) is 27.1 Å². The van der Waals surface area contributed by atoms with Crippen LogP contribution >= 0.6 is 0 Å². The lowest BCUT2D eigenvalue weighted by Gasteiger charge is -2.13. The van der Waals surface area contributed by atoms with Crippen LogP contribution in [-0.2, 0) is 10.0 Å². The van der Waals surface area contributed by atoms with Crippen molar-refractivity contribution < 1.29 is 27.1 Å². The second-order valence-electron chi connectivity index (χ2n) is 7.16. The Hall–Kier alpha value is -4.27. The molecule has 0 heterocycles. The number of hydrogen-bond donors (Lipinski definition) is 3. The first kappa shape index (κ1) is 25.4. The second-order valence-corrected chi connectivity index (χ2v) is 8.93. The van der Waals surface area contributed by atoms with Crippen molar-refractivity contribution in [3.05, 3.63) is 83.7 Å².